The SMILES string of the molecule is CNCC(=Cc1ccc(-c2ccc(Cl)cc2)s1)C(C)C. The molecule has 0 saturated heterocycles. The minimum atomic E-state index is 0.559. The van der Waals surface area contributed by atoms with Crippen molar-refractivity contribution >= 4 is 29.0 Å². The van der Waals surface area contributed by atoms with Gasteiger partial charge in [0.1, 0.15) is 0 Å². The molecule has 3 heteroatoms. The second kappa shape index (κ2) is 7.07. The molecule has 0 fully saturated rings. The largest absolute Gasteiger partial charge is 0.316 e. The molecule has 0 atom stereocenters. The highest BCUT2D eigenvalue weighted by Crippen LogP contribution is 2.30. The van der Waals surface area contributed by atoms with Crippen molar-refractivity contribution in [3.63, 3.8) is 0 Å². The average Bonchev–Trinajstić information content (AvgIpc) is 2.87. The van der Waals surface area contributed by atoms with Crippen molar-refractivity contribution < 1.29 is 0 Å². The van der Waals surface area contributed by atoms with Crippen LogP contribution in [0.25, 0.3) is 16.5 Å². The number of rotatable bonds is 5. The van der Waals surface area contributed by atoms with Gasteiger partial charge in [0.05, 0.1) is 0 Å². The maximum atomic E-state index is 5.93. The number of likely N-dealkylation sites (N-methyl/N-ethyl adjacent to an activating group) is 1. The van der Waals surface area contributed by atoms with Crippen LogP contribution in [0.1, 0.15) is 18.7 Å². The van der Waals surface area contributed by atoms with E-state index in [9.17, 15) is 0 Å². The summed E-state index contributed by atoms with van der Waals surface area (Å²) in [6.07, 6.45) is 2.30. The van der Waals surface area contributed by atoms with Gasteiger partial charge >= 0.3 is 0 Å². The van der Waals surface area contributed by atoms with Crippen LogP contribution in [0.2, 0.25) is 5.02 Å². The molecule has 0 aliphatic rings. The van der Waals surface area contributed by atoms with E-state index >= 15 is 0 Å². The molecule has 106 valence electrons. The zero-order valence-electron chi connectivity index (χ0n) is 12.1. The Hall–Kier alpha value is -1.09. The van der Waals surface area contributed by atoms with Crippen LogP contribution in [0, 0.1) is 5.92 Å². The van der Waals surface area contributed by atoms with Crippen LogP contribution in [0.3, 0.4) is 0 Å². The highest BCUT2D eigenvalue weighted by atomic mass is 35.5. The summed E-state index contributed by atoms with van der Waals surface area (Å²) in [4.78, 5) is 2.58. The van der Waals surface area contributed by atoms with Crippen molar-refractivity contribution in [2.75, 3.05) is 13.6 Å². The lowest BCUT2D eigenvalue weighted by atomic mass is 10.0. The summed E-state index contributed by atoms with van der Waals surface area (Å²) in [6, 6.07) is 12.4. The molecule has 1 nitrogen and oxygen atoms in total. The molecule has 0 saturated carbocycles. The lowest BCUT2D eigenvalue weighted by Gasteiger charge is -2.10. The molecule has 0 bridgehead atoms. The van der Waals surface area contributed by atoms with Gasteiger partial charge < -0.3 is 5.32 Å². The van der Waals surface area contributed by atoms with E-state index in [2.05, 4.69) is 49.5 Å². The van der Waals surface area contributed by atoms with Crippen molar-refractivity contribution in [3.05, 3.63) is 51.9 Å². The van der Waals surface area contributed by atoms with Gasteiger partial charge in [-0.2, -0.15) is 0 Å². The van der Waals surface area contributed by atoms with Crippen LogP contribution in [0.15, 0.2) is 42.0 Å². The summed E-state index contributed by atoms with van der Waals surface area (Å²) in [5.41, 5.74) is 2.65. The first-order valence-electron chi connectivity index (χ1n) is 6.81. The third kappa shape index (κ3) is 3.95. The Labute approximate surface area is 130 Å². The Kier molecular flexibility index (Phi) is 5.41. The lowest BCUT2D eigenvalue weighted by molar-refractivity contribution is 0.713. The standard InChI is InChI=1S/C17H20ClNS/c1-12(2)14(11-19-3)10-16-8-9-17(20-16)13-4-6-15(18)7-5-13/h4-10,12,19H,11H2,1-3H3. The van der Waals surface area contributed by atoms with E-state index in [4.69, 9.17) is 11.6 Å². The first kappa shape index (κ1) is 15.3. The first-order valence-corrected chi connectivity index (χ1v) is 8.00. The molecule has 0 amide bonds. The number of hydrogen-bond donors (Lipinski definition) is 1. The van der Waals surface area contributed by atoms with E-state index in [-0.39, 0.29) is 0 Å². The topological polar surface area (TPSA) is 12.0 Å². The van der Waals surface area contributed by atoms with Crippen molar-refractivity contribution in [3.8, 4) is 10.4 Å². The Balaban J connectivity index is 2.24. The summed E-state index contributed by atoms with van der Waals surface area (Å²) in [7, 11) is 1.99. The predicted molar refractivity (Wildman–Crippen MR) is 91.5 cm³/mol. The summed E-state index contributed by atoms with van der Waals surface area (Å²) >= 11 is 7.75. The Morgan fingerprint density at radius 3 is 2.50 bits per heavy atom. The molecule has 0 unspecified atom stereocenters. The molecule has 1 aromatic carbocycles. The zero-order valence-corrected chi connectivity index (χ0v) is 13.7. The number of benzene rings is 1. The third-order valence-electron chi connectivity index (χ3n) is 3.21. The molecule has 0 aliphatic heterocycles. The zero-order chi connectivity index (χ0) is 14.5. The van der Waals surface area contributed by atoms with Crippen LogP contribution in [-0.2, 0) is 0 Å². The van der Waals surface area contributed by atoms with Gasteiger partial charge in [0, 0.05) is 21.3 Å². The number of hydrogen-bond acceptors (Lipinski definition) is 2. The van der Waals surface area contributed by atoms with Crippen molar-refractivity contribution in [2.24, 2.45) is 5.92 Å². The molecule has 20 heavy (non-hydrogen) atoms. The van der Waals surface area contributed by atoms with Crippen molar-refractivity contribution in [1.82, 2.24) is 5.32 Å². The van der Waals surface area contributed by atoms with Gasteiger partial charge in [0.2, 0.25) is 0 Å². The van der Waals surface area contributed by atoms with E-state index < -0.39 is 0 Å². The summed E-state index contributed by atoms with van der Waals surface area (Å²) in [5, 5.41) is 4.01. The van der Waals surface area contributed by atoms with E-state index in [0.29, 0.717) is 5.92 Å². The van der Waals surface area contributed by atoms with E-state index in [1.54, 1.807) is 0 Å². The highest BCUT2D eigenvalue weighted by Gasteiger charge is 2.05. The summed E-state index contributed by atoms with van der Waals surface area (Å²) < 4.78 is 0. The fraction of sp³-hybridized carbons (Fsp3) is 0.294. The second-order valence-electron chi connectivity index (χ2n) is 5.11. The fourth-order valence-electron chi connectivity index (χ4n) is 2.01. The molecular weight excluding hydrogens is 286 g/mol. The van der Waals surface area contributed by atoms with Crippen LogP contribution in [-0.4, -0.2) is 13.6 Å². The smallest absolute Gasteiger partial charge is 0.0406 e. The Morgan fingerprint density at radius 1 is 1.20 bits per heavy atom. The Bertz CT molecular complexity index is 581. The number of thiophene rings is 1. The molecule has 1 heterocycles. The Morgan fingerprint density at radius 2 is 1.90 bits per heavy atom. The van der Waals surface area contributed by atoms with E-state index in [1.165, 1.54) is 20.9 Å². The molecule has 0 radical (unpaired) electrons. The van der Waals surface area contributed by atoms with Gasteiger partial charge in [-0.3, -0.25) is 0 Å². The molecule has 1 aromatic heterocycles. The van der Waals surface area contributed by atoms with Crippen LogP contribution < -0.4 is 5.32 Å². The number of halogens is 1. The van der Waals surface area contributed by atoms with Crippen molar-refractivity contribution in [1.29, 1.82) is 0 Å². The normalized spacial score (nSPS) is 12.2. The lowest BCUT2D eigenvalue weighted by Crippen LogP contribution is -2.13. The quantitative estimate of drug-likeness (QED) is 0.787. The minimum absolute atomic E-state index is 0.559. The molecule has 2 aromatic rings. The molecule has 0 aliphatic carbocycles. The molecule has 0 spiro atoms. The van der Waals surface area contributed by atoms with Gasteiger partial charge in [-0.1, -0.05) is 43.2 Å². The van der Waals surface area contributed by atoms with E-state index in [0.717, 1.165) is 11.6 Å². The van der Waals surface area contributed by atoms with Crippen LogP contribution >= 0.6 is 22.9 Å². The molecule has 2 rings (SSSR count). The van der Waals surface area contributed by atoms with Crippen molar-refractivity contribution in [2.45, 2.75) is 13.8 Å². The van der Waals surface area contributed by atoms with Gasteiger partial charge in [0.25, 0.3) is 0 Å². The van der Waals surface area contributed by atoms with Gasteiger partial charge in [-0.05, 0) is 48.9 Å². The highest BCUT2D eigenvalue weighted by molar-refractivity contribution is 7.16. The maximum absolute atomic E-state index is 5.93. The van der Waals surface area contributed by atoms with Gasteiger partial charge in [0.15, 0.2) is 0 Å². The first-order chi connectivity index (χ1) is 9.60. The van der Waals surface area contributed by atoms with E-state index in [1.807, 2.05) is 30.5 Å². The monoisotopic (exact) mass is 305 g/mol. The maximum Gasteiger partial charge on any atom is 0.0406 e. The third-order valence-corrected chi connectivity index (χ3v) is 4.54. The van der Waals surface area contributed by atoms with Gasteiger partial charge in [-0.15, -0.1) is 11.3 Å². The fourth-order valence-corrected chi connectivity index (χ4v) is 3.12. The second-order valence-corrected chi connectivity index (χ2v) is 6.66. The molecular formula is C17H20ClNS. The number of nitrogens with one attached hydrogen (secondary N) is 1. The van der Waals surface area contributed by atoms with Gasteiger partial charge in [-0.25, -0.2) is 0 Å². The predicted octanol–water partition coefficient (Wildman–Crippen LogP) is 5.33. The summed E-state index contributed by atoms with van der Waals surface area (Å²) in [6.45, 7) is 5.40. The molecule has 1 N–H and O–H groups in total. The van der Waals surface area contributed by atoms with Crippen LogP contribution in [0.4, 0.5) is 0 Å². The average molecular weight is 306 g/mol. The van der Waals surface area contributed by atoms with Crippen LogP contribution in [0.5, 0.6) is 0 Å². The summed E-state index contributed by atoms with van der Waals surface area (Å²) in [5.74, 6) is 0.559. The minimum Gasteiger partial charge on any atom is -0.316 e.